The van der Waals surface area contributed by atoms with Crippen LogP contribution in [0.5, 0.6) is 5.75 Å². The Morgan fingerprint density at radius 2 is 1.93 bits per heavy atom. The maximum Gasteiger partial charge on any atom is 0.343 e. The first-order valence-corrected chi connectivity index (χ1v) is 8.82. The predicted molar refractivity (Wildman–Crippen MR) is 108 cm³/mol. The largest absolute Gasteiger partial charge is 0.423 e. The molecule has 0 spiro atoms. The first kappa shape index (κ1) is 22.3. The van der Waals surface area contributed by atoms with E-state index in [1.807, 2.05) is 6.07 Å². The monoisotopic (exact) mass is 409 g/mol. The Bertz CT molecular complexity index is 1020. The van der Waals surface area contributed by atoms with Crippen molar-refractivity contribution in [3.05, 3.63) is 74.8 Å². The fourth-order valence-corrected chi connectivity index (χ4v) is 2.41. The van der Waals surface area contributed by atoms with E-state index in [1.165, 1.54) is 37.5 Å². The van der Waals surface area contributed by atoms with Gasteiger partial charge < -0.3 is 14.8 Å². The molecule has 2 rings (SSSR count). The topological polar surface area (TPSA) is 132 Å². The molecule has 0 aromatic heterocycles. The van der Waals surface area contributed by atoms with E-state index >= 15 is 0 Å². The summed E-state index contributed by atoms with van der Waals surface area (Å²) in [7, 11) is 1.50. The molecule has 1 amide bonds. The highest BCUT2D eigenvalue weighted by molar-refractivity contribution is 6.01. The number of aryl methyl sites for hydroxylation is 1. The zero-order valence-electron chi connectivity index (χ0n) is 16.4. The van der Waals surface area contributed by atoms with Gasteiger partial charge in [0.1, 0.15) is 17.4 Å². The lowest BCUT2D eigenvalue weighted by Gasteiger charge is -2.06. The summed E-state index contributed by atoms with van der Waals surface area (Å²) in [5.41, 5.74) is 0.794. The number of hydrogen-bond donors (Lipinski definition) is 1. The molecule has 0 saturated carbocycles. The highest BCUT2D eigenvalue weighted by Gasteiger charge is 2.16. The molecule has 0 saturated heterocycles. The molecule has 1 N–H and O–H groups in total. The van der Waals surface area contributed by atoms with E-state index < -0.39 is 16.8 Å². The van der Waals surface area contributed by atoms with Crippen molar-refractivity contribution >= 4 is 23.6 Å². The number of nitro benzene ring substituents is 1. The van der Waals surface area contributed by atoms with E-state index in [4.69, 9.17) is 14.7 Å². The number of carbonyl (C=O) groups excluding carboxylic acids is 2. The fraction of sp³-hybridized carbons (Fsp3) is 0.190. The number of nitrogens with one attached hydrogen (secondary N) is 1. The number of nitro groups is 1. The highest BCUT2D eigenvalue weighted by atomic mass is 16.6. The number of benzene rings is 2. The van der Waals surface area contributed by atoms with Crippen molar-refractivity contribution in [1.82, 2.24) is 5.32 Å². The summed E-state index contributed by atoms with van der Waals surface area (Å²) < 4.78 is 10.1. The van der Waals surface area contributed by atoms with Gasteiger partial charge in [-0.05, 0) is 36.8 Å². The number of carbonyl (C=O) groups is 2. The lowest BCUT2D eigenvalue weighted by atomic mass is 10.1. The normalized spacial score (nSPS) is 10.8. The van der Waals surface area contributed by atoms with Crippen LogP contribution in [-0.4, -0.2) is 37.1 Å². The molecule has 30 heavy (non-hydrogen) atoms. The van der Waals surface area contributed by atoms with Crippen molar-refractivity contribution in [2.24, 2.45) is 0 Å². The third kappa shape index (κ3) is 5.98. The van der Waals surface area contributed by atoms with Crippen molar-refractivity contribution in [3.63, 3.8) is 0 Å². The third-order valence-electron chi connectivity index (χ3n) is 4.00. The summed E-state index contributed by atoms with van der Waals surface area (Å²) in [6.45, 7) is 2.18. The summed E-state index contributed by atoms with van der Waals surface area (Å²) in [6, 6.07) is 12.0. The Labute approximate surface area is 172 Å². The van der Waals surface area contributed by atoms with Crippen LogP contribution in [0.3, 0.4) is 0 Å². The van der Waals surface area contributed by atoms with Crippen LogP contribution in [0.25, 0.3) is 6.08 Å². The number of nitrogens with zero attached hydrogens (tertiary/aromatic N) is 2. The minimum atomic E-state index is -0.739. The first-order chi connectivity index (χ1) is 14.3. The number of hydrogen-bond acceptors (Lipinski definition) is 7. The maximum atomic E-state index is 12.3. The van der Waals surface area contributed by atoms with Crippen LogP contribution >= 0.6 is 0 Å². The molecule has 0 unspecified atom stereocenters. The molecule has 0 radical (unpaired) electrons. The van der Waals surface area contributed by atoms with Crippen LogP contribution in [-0.2, 0) is 9.53 Å². The molecule has 0 heterocycles. The Balaban J connectivity index is 2.09. The van der Waals surface area contributed by atoms with Crippen molar-refractivity contribution in [3.8, 4) is 11.8 Å². The van der Waals surface area contributed by atoms with Crippen LogP contribution in [0.4, 0.5) is 5.69 Å². The van der Waals surface area contributed by atoms with Crippen LogP contribution < -0.4 is 10.1 Å². The Hall–Kier alpha value is -4.03. The smallest absolute Gasteiger partial charge is 0.343 e. The average molecular weight is 409 g/mol. The third-order valence-corrected chi connectivity index (χ3v) is 4.00. The van der Waals surface area contributed by atoms with Gasteiger partial charge >= 0.3 is 5.97 Å². The van der Waals surface area contributed by atoms with Crippen LogP contribution in [0, 0.1) is 28.4 Å². The van der Waals surface area contributed by atoms with Gasteiger partial charge in [-0.2, -0.15) is 5.26 Å². The minimum absolute atomic E-state index is 0.0516. The second-order valence-corrected chi connectivity index (χ2v) is 6.14. The van der Waals surface area contributed by atoms with Crippen molar-refractivity contribution in [1.29, 1.82) is 5.26 Å². The summed E-state index contributed by atoms with van der Waals surface area (Å²) in [6.07, 6.45) is 1.40. The number of methoxy groups -OCH3 is 1. The predicted octanol–water partition coefficient (Wildman–Crippen LogP) is 2.79. The second kappa shape index (κ2) is 10.5. The zero-order chi connectivity index (χ0) is 22.1. The number of ether oxygens (including phenoxy) is 2. The molecule has 0 bridgehead atoms. The molecule has 0 atom stereocenters. The molecule has 9 nitrogen and oxygen atoms in total. The van der Waals surface area contributed by atoms with Crippen molar-refractivity contribution < 1.29 is 24.0 Å². The lowest BCUT2D eigenvalue weighted by molar-refractivity contribution is -0.385. The molecule has 9 heteroatoms. The van der Waals surface area contributed by atoms with E-state index in [2.05, 4.69) is 5.32 Å². The van der Waals surface area contributed by atoms with E-state index in [0.717, 1.165) is 6.07 Å². The van der Waals surface area contributed by atoms with Gasteiger partial charge in [0, 0.05) is 25.3 Å². The minimum Gasteiger partial charge on any atom is -0.423 e. The second-order valence-electron chi connectivity index (χ2n) is 6.14. The fourth-order valence-electron chi connectivity index (χ4n) is 2.41. The molecule has 154 valence electrons. The summed E-state index contributed by atoms with van der Waals surface area (Å²) in [5, 5.41) is 22.7. The van der Waals surface area contributed by atoms with Crippen molar-refractivity contribution in [2.75, 3.05) is 20.3 Å². The number of rotatable bonds is 8. The average Bonchev–Trinajstić information content (AvgIpc) is 2.73. The van der Waals surface area contributed by atoms with Gasteiger partial charge in [0.15, 0.2) is 0 Å². The van der Waals surface area contributed by atoms with E-state index in [9.17, 15) is 19.7 Å². The summed E-state index contributed by atoms with van der Waals surface area (Å²) >= 11 is 0. The Morgan fingerprint density at radius 1 is 1.23 bits per heavy atom. The molecular weight excluding hydrogens is 390 g/mol. The summed E-state index contributed by atoms with van der Waals surface area (Å²) in [5.74, 6) is -1.05. The van der Waals surface area contributed by atoms with Crippen LogP contribution in [0.2, 0.25) is 0 Å². The molecule has 0 fully saturated rings. The quantitative estimate of drug-likeness (QED) is 0.135. The molecule has 2 aromatic carbocycles. The molecule has 0 aliphatic carbocycles. The molecule has 0 aliphatic rings. The van der Waals surface area contributed by atoms with E-state index in [-0.39, 0.29) is 29.1 Å². The zero-order valence-corrected chi connectivity index (χ0v) is 16.4. The first-order valence-electron chi connectivity index (χ1n) is 8.82. The molecular formula is C21H19N3O6. The van der Waals surface area contributed by atoms with Gasteiger partial charge in [0.25, 0.3) is 11.6 Å². The highest BCUT2D eigenvalue weighted by Crippen LogP contribution is 2.21. The number of nitriles is 1. The van der Waals surface area contributed by atoms with Crippen LogP contribution in [0.1, 0.15) is 21.5 Å². The van der Waals surface area contributed by atoms with Crippen LogP contribution in [0.15, 0.2) is 48.0 Å². The Kier molecular flexibility index (Phi) is 7.79. The van der Waals surface area contributed by atoms with E-state index in [1.54, 1.807) is 19.1 Å². The van der Waals surface area contributed by atoms with Gasteiger partial charge in [0.2, 0.25) is 0 Å². The van der Waals surface area contributed by atoms with Gasteiger partial charge in [-0.1, -0.05) is 18.2 Å². The molecule has 0 aliphatic heterocycles. The summed E-state index contributed by atoms with van der Waals surface area (Å²) in [4.78, 5) is 34.7. The maximum absolute atomic E-state index is 12.3. The SMILES string of the molecule is COCCNC(=O)/C(C#N)=C/c1ccc(OC(=O)c2ccc(C)c([N+](=O)[O-])c2)cc1. The van der Waals surface area contributed by atoms with Gasteiger partial charge in [-0.15, -0.1) is 0 Å². The standard InChI is InChI=1S/C21H19N3O6/c1-14-3-6-16(12-19(14)24(27)28)21(26)30-18-7-4-15(5-8-18)11-17(13-22)20(25)23-9-10-29-2/h3-8,11-12H,9-10H2,1-2H3,(H,23,25)/b17-11+. The van der Waals surface area contributed by atoms with Gasteiger partial charge in [0.05, 0.1) is 17.1 Å². The van der Waals surface area contributed by atoms with Crippen molar-refractivity contribution in [2.45, 2.75) is 6.92 Å². The van der Waals surface area contributed by atoms with E-state index in [0.29, 0.717) is 17.7 Å². The van der Waals surface area contributed by atoms with Gasteiger partial charge in [-0.25, -0.2) is 4.79 Å². The molecule has 2 aromatic rings. The lowest BCUT2D eigenvalue weighted by Crippen LogP contribution is -2.27. The van der Waals surface area contributed by atoms with Gasteiger partial charge in [-0.3, -0.25) is 14.9 Å². The number of amides is 1. The Morgan fingerprint density at radius 3 is 2.53 bits per heavy atom. The number of esters is 1.